The number of hydrogen-bond donors (Lipinski definition) is 1. The summed E-state index contributed by atoms with van der Waals surface area (Å²) in [7, 11) is 0. The highest BCUT2D eigenvalue weighted by Gasteiger charge is 2.02. The van der Waals surface area contributed by atoms with Crippen molar-refractivity contribution < 1.29 is 9.00 Å². The molecule has 10 heavy (non-hydrogen) atoms. The molecular formula is C6H10NO2S+. The summed E-state index contributed by atoms with van der Waals surface area (Å²) in [5, 5.41) is 2.52. The molecule has 1 N–H and O–H groups in total. The van der Waals surface area contributed by atoms with Crippen molar-refractivity contribution in [2.75, 3.05) is 12.3 Å². The number of hydrogen-bond acceptors (Lipinski definition) is 2. The molecule has 0 spiro atoms. The van der Waals surface area contributed by atoms with Crippen LogP contribution in [0.1, 0.15) is 6.92 Å². The summed E-state index contributed by atoms with van der Waals surface area (Å²) in [4.78, 5) is 10.7. The van der Waals surface area contributed by atoms with Gasteiger partial charge in [-0.3, -0.25) is 4.79 Å². The highest BCUT2D eigenvalue weighted by Crippen LogP contribution is 1.83. The van der Waals surface area contributed by atoms with E-state index in [0.717, 1.165) is 0 Å². The Morgan fingerprint density at radius 3 is 2.70 bits per heavy atom. The monoisotopic (exact) mass is 160 g/mol. The third-order valence-electron chi connectivity index (χ3n) is 0.859. The van der Waals surface area contributed by atoms with Crippen LogP contribution < -0.4 is 5.32 Å². The molecule has 0 bridgehead atoms. The lowest BCUT2D eigenvalue weighted by Gasteiger charge is -1.96. The minimum Gasteiger partial charge on any atom is -0.347 e. The second-order valence-corrected chi connectivity index (χ2v) is 2.50. The second kappa shape index (κ2) is 5.05. The molecule has 4 heteroatoms. The van der Waals surface area contributed by atoms with Crippen molar-refractivity contribution in [1.82, 2.24) is 5.32 Å². The van der Waals surface area contributed by atoms with Crippen LogP contribution in [0.3, 0.4) is 0 Å². The third kappa shape index (κ3) is 4.14. The average Bonchev–Trinajstić information content (AvgIpc) is 1.88. The Morgan fingerprint density at radius 2 is 2.30 bits per heavy atom. The summed E-state index contributed by atoms with van der Waals surface area (Å²) >= 11 is 0.461. The molecule has 0 fully saturated rings. The predicted molar refractivity (Wildman–Crippen MR) is 40.7 cm³/mol. The van der Waals surface area contributed by atoms with Gasteiger partial charge in [-0.05, 0) is 6.92 Å². The summed E-state index contributed by atoms with van der Waals surface area (Å²) in [5.41, 5.74) is 0.468. The van der Waals surface area contributed by atoms with Crippen molar-refractivity contribution in [1.29, 1.82) is 0 Å². The van der Waals surface area contributed by atoms with Gasteiger partial charge in [-0.1, -0.05) is 6.58 Å². The van der Waals surface area contributed by atoms with E-state index in [-0.39, 0.29) is 5.91 Å². The normalized spacial score (nSPS) is 8.50. The van der Waals surface area contributed by atoms with E-state index in [2.05, 4.69) is 11.9 Å². The van der Waals surface area contributed by atoms with E-state index >= 15 is 0 Å². The van der Waals surface area contributed by atoms with E-state index in [1.54, 1.807) is 6.92 Å². The van der Waals surface area contributed by atoms with Gasteiger partial charge in [0.05, 0.1) is 6.54 Å². The van der Waals surface area contributed by atoms with Gasteiger partial charge >= 0.3 is 11.7 Å². The van der Waals surface area contributed by atoms with Gasteiger partial charge < -0.3 is 5.32 Å². The first-order chi connectivity index (χ1) is 4.68. The van der Waals surface area contributed by atoms with Crippen LogP contribution in [-0.4, -0.2) is 18.2 Å². The molecule has 0 aromatic carbocycles. The highest BCUT2D eigenvalue weighted by molar-refractivity contribution is 7.65. The van der Waals surface area contributed by atoms with Crippen LogP contribution in [0.25, 0.3) is 0 Å². The first kappa shape index (κ1) is 9.23. The Hall–Kier alpha value is -0.770. The van der Waals surface area contributed by atoms with Gasteiger partial charge in [0.25, 0.3) is 0 Å². The fourth-order valence-corrected chi connectivity index (χ4v) is 0.543. The Kier molecular flexibility index (Phi) is 4.66. The van der Waals surface area contributed by atoms with E-state index < -0.39 is 0 Å². The van der Waals surface area contributed by atoms with Crippen LogP contribution in [0.4, 0.5) is 0 Å². The van der Waals surface area contributed by atoms with Gasteiger partial charge in [0.15, 0.2) is 0 Å². The van der Waals surface area contributed by atoms with Gasteiger partial charge in [-0.15, -0.1) is 0 Å². The van der Waals surface area contributed by atoms with E-state index in [0.29, 0.717) is 29.5 Å². The molecule has 0 saturated heterocycles. The number of carbonyl (C=O) groups excluding carboxylic acids is 1. The summed E-state index contributed by atoms with van der Waals surface area (Å²) in [6.45, 7) is 5.48. The Labute approximate surface area is 64.0 Å². The number of nitrogens with one attached hydrogen (secondary N) is 1. The topological polar surface area (TPSA) is 46.2 Å². The van der Waals surface area contributed by atoms with Gasteiger partial charge in [0, 0.05) is 9.78 Å². The molecule has 56 valence electrons. The zero-order chi connectivity index (χ0) is 7.98. The van der Waals surface area contributed by atoms with Crippen molar-refractivity contribution in [2.24, 2.45) is 0 Å². The molecule has 0 unspecified atom stereocenters. The van der Waals surface area contributed by atoms with Gasteiger partial charge in [0.1, 0.15) is 0 Å². The highest BCUT2D eigenvalue weighted by atomic mass is 32.1. The lowest BCUT2D eigenvalue weighted by Crippen LogP contribution is -2.26. The molecule has 0 aliphatic rings. The van der Waals surface area contributed by atoms with E-state index in [4.69, 9.17) is 0 Å². The molecule has 0 atom stereocenters. The van der Waals surface area contributed by atoms with Crippen molar-refractivity contribution in [2.45, 2.75) is 6.92 Å². The quantitative estimate of drug-likeness (QED) is 0.360. The average molecular weight is 160 g/mol. The van der Waals surface area contributed by atoms with E-state index in [9.17, 15) is 9.00 Å². The first-order valence-electron chi connectivity index (χ1n) is 2.87. The molecule has 0 aliphatic heterocycles. The predicted octanol–water partition coefficient (Wildman–Crippen LogP) is 0.107. The number of rotatable bonds is 4. The molecule has 0 saturated carbocycles. The maximum absolute atomic E-state index is 10.7. The molecular weight excluding hydrogens is 150 g/mol. The van der Waals surface area contributed by atoms with Crippen LogP contribution in [0.15, 0.2) is 12.2 Å². The Balaban J connectivity index is 3.40. The van der Waals surface area contributed by atoms with Crippen molar-refractivity contribution in [3.63, 3.8) is 0 Å². The van der Waals surface area contributed by atoms with Crippen LogP contribution in [-0.2, 0) is 20.7 Å². The Bertz CT molecular complexity index is 156. The molecule has 0 aromatic rings. The van der Waals surface area contributed by atoms with Crippen LogP contribution in [0, 0.1) is 0 Å². The first-order valence-corrected chi connectivity index (χ1v) is 3.78. The number of carbonyl (C=O) groups is 1. The smallest absolute Gasteiger partial charge is 0.347 e. The van der Waals surface area contributed by atoms with Crippen molar-refractivity contribution >= 4 is 17.6 Å². The zero-order valence-electron chi connectivity index (χ0n) is 5.85. The Morgan fingerprint density at radius 1 is 1.70 bits per heavy atom. The van der Waals surface area contributed by atoms with E-state index in [1.807, 2.05) is 0 Å². The lowest BCUT2D eigenvalue weighted by molar-refractivity contribution is -0.117. The van der Waals surface area contributed by atoms with Crippen molar-refractivity contribution in [3.8, 4) is 0 Å². The molecule has 3 nitrogen and oxygen atoms in total. The summed E-state index contributed by atoms with van der Waals surface area (Å²) in [6.07, 6.45) is 0. The fraction of sp³-hybridized carbons (Fsp3) is 0.500. The summed E-state index contributed by atoms with van der Waals surface area (Å²) < 4.78 is 9.82. The number of amides is 1. The molecule has 0 heterocycles. The van der Waals surface area contributed by atoms with Crippen molar-refractivity contribution in [3.05, 3.63) is 12.2 Å². The molecule has 0 aliphatic carbocycles. The fourth-order valence-electron chi connectivity index (χ4n) is 0.357. The van der Waals surface area contributed by atoms with Gasteiger partial charge in [0.2, 0.25) is 11.7 Å². The van der Waals surface area contributed by atoms with Crippen LogP contribution >= 0.6 is 0 Å². The summed E-state index contributed by atoms with van der Waals surface area (Å²) in [5.74, 6) is 0.216. The van der Waals surface area contributed by atoms with Crippen LogP contribution in [0.5, 0.6) is 0 Å². The lowest BCUT2D eigenvalue weighted by atomic mass is 10.3. The maximum atomic E-state index is 10.7. The molecule has 1 amide bonds. The molecule has 0 rings (SSSR count). The van der Waals surface area contributed by atoms with Gasteiger partial charge in [-0.2, -0.15) is 0 Å². The largest absolute Gasteiger partial charge is 0.460 e. The SMILES string of the molecule is C=C(C)C(=O)NCC[S+]=O. The van der Waals surface area contributed by atoms with Gasteiger partial charge in [-0.25, -0.2) is 0 Å². The molecule has 0 radical (unpaired) electrons. The standard InChI is InChI=1S/C6H9NO2S/c1-5(2)6(8)7-3-4-10-9/h1,3-4H2,2H3/p+1. The summed E-state index contributed by atoms with van der Waals surface area (Å²) in [6, 6.07) is 0. The zero-order valence-corrected chi connectivity index (χ0v) is 6.66. The molecule has 0 aromatic heterocycles. The van der Waals surface area contributed by atoms with E-state index in [1.165, 1.54) is 0 Å². The van der Waals surface area contributed by atoms with Crippen LogP contribution in [0.2, 0.25) is 0 Å². The third-order valence-corrected chi connectivity index (χ3v) is 1.23. The minimum atomic E-state index is -0.186. The minimum absolute atomic E-state index is 0.186. The second-order valence-electron chi connectivity index (χ2n) is 1.86. The maximum Gasteiger partial charge on any atom is 0.460 e.